The van der Waals surface area contributed by atoms with Crippen LogP contribution in [0.15, 0.2) is 36.8 Å². The maximum absolute atomic E-state index is 14.5. The maximum atomic E-state index is 14.5. The lowest BCUT2D eigenvalue weighted by molar-refractivity contribution is -0.255. The molecule has 5 saturated carbocycles. The Morgan fingerprint density at radius 3 is 2.05 bits per heavy atom. The third-order valence-corrected chi connectivity index (χ3v) is 18.8. The summed E-state index contributed by atoms with van der Waals surface area (Å²) >= 11 is 0. The Hall–Kier alpha value is -2.52. The Bertz CT molecular complexity index is 1640. The Morgan fingerprint density at radius 1 is 0.793 bits per heavy atom. The number of fused-ring (bicyclic) bond motifs is 7. The molecule has 10 atom stereocenters. The summed E-state index contributed by atoms with van der Waals surface area (Å²) in [5.41, 5.74) is 8.95. The van der Waals surface area contributed by atoms with E-state index in [1.54, 1.807) is 0 Å². The van der Waals surface area contributed by atoms with Crippen molar-refractivity contribution >= 4 is 11.9 Å². The van der Waals surface area contributed by atoms with E-state index in [4.69, 9.17) is 15.2 Å². The minimum atomic E-state index is -0.385. The highest BCUT2D eigenvalue weighted by Crippen LogP contribution is 2.78. The number of aliphatic hydroxyl groups is 1. The van der Waals surface area contributed by atoms with Crippen LogP contribution in [-0.4, -0.2) is 95.9 Å². The fraction of sp³-hybridized carbons (Fsp3) is 0.837. The smallest absolute Gasteiger partial charge is 0.320 e. The zero-order valence-electron chi connectivity index (χ0n) is 37.9. The lowest BCUT2D eigenvalue weighted by Crippen LogP contribution is -2.76. The van der Waals surface area contributed by atoms with Crippen LogP contribution in [0.1, 0.15) is 139 Å². The third kappa shape index (κ3) is 6.96. The molecule has 7 fully saturated rings. The molecule has 0 aromatic carbocycles. The summed E-state index contributed by atoms with van der Waals surface area (Å²) in [5, 5.41) is 9.91. The molecule has 9 nitrogen and oxygen atoms in total. The molecule has 7 rings (SSSR count). The summed E-state index contributed by atoms with van der Waals surface area (Å²) in [6.07, 6.45) is 12.7. The Morgan fingerprint density at radius 2 is 1.41 bits per heavy atom. The van der Waals surface area contributed by atoms with Crippen LogP contribution in [0.2, 0.25) is 0 Å². The largest absolute Gasteiger partial charge is 0.513 e. The van der Waals surface area contributed by atoms with Crippen molar-refractivity contribution in [1.29, 1.82) is 0 Å². The number of nitrogens with two attached hydrogens (primary N) is 1. The summed E-state index contributed by atoms with van der Waals surface area (Å²) in [6.45, 7) is 36.8. The van der Waals surface area contributed by atoms with Gasteiger partial charge in [0.05, 0.1) is 24.7 Å². The number of carbonyl (C=O) groups excluding carboxylic acids is 2. The number of hydrogen-bond acceptors (Lipinski definition) is 6. The van der Waals surface area contributed by atoms with Crippen LogP contribution in [0, 0.1) is 56.2 Å². The summed E-state index contributed by atoms with van der Waals surface area (Å²) in [5.74, 6) is 2.93. The van der Waals surface area contributed by atoms with E-state index in [0.29, 0.717) is 89.5 Å². The lowest BCUT2D eigenvalue weighted by atomic mass is 9.30. The van der Waals surface area contributed by atoms with E-state index in [9.17, 15) is 14.7 Å². The number of nitrogens with zero attached hydrogens (tertiary/aromatic N) is 3. The van der Waals surface area contributed by atoms with Crippen LogP contribution in [0.25, 0.3) is 0 Å². The van der Waals surface area contributed by atoms with Crippen molar-refractivity contribution in [3.8, 4) is 0 Å². The van der Waals surface area contributed by atoms with Crippen molar-refractivity contribution in [2.75, 3.05) is 52.5 Å². The van der Waals surface area contributed by atoms with E-state index in [1.807, 2.05) is 14.7 Å². The number of piperazine rings is 1. The first-order valence-electron chi connectivity index (χ1n) is 23.1. The van der Waals surface area contributed by atoms with Gasteiger partial charge < -0.3 is 35.0 Å². The van der Waals surface area contributed by atoms with Crippen LogP contribution >= 0.6 is 0 Å². The zero-order chi connectivity index (χ0) is 42.3. The van der Waals surface area contributed by atoms with Gasteiger partial charge in [0.15, 0.2) is 0 Å². The molecule has 2 aliphatic heterocycles. The van der Waals surface area contributed by atoms with E-state index in [-0.39, 0.29) is 67.7 Å². The van der Waals surface area contributed by atoms with Crippen molar-refractivity contribution < 1.29 is 24.2 Å². The molecule has 2 unspecified atom stereocenters. The molecule has 326 valence electrons. The van der Waals surface area contributed by atoms with Crippen LogP contribution in [0.3, 0.4) is 0 Å². The van der Waals surface area contributed by atoms with E-state index in [2.05, 4.69) is 75.1 Å². The van der Waals surface area contributed by atoms with E-state index >= 15 is 0 Å². The SMILES string of the molecule is C=C(O)CC(C)(C)CC(=C)OC1CC[C@]2(C)[C@H]3CCC4(N)[C@H]5[C@H](C(=C)C)CC[C@]5(CC(=O)N5CCN(C(=O)N6CCOCC6)CC5)CC[C@@]4(C)[C@]3(C)CC[C@H]2C1(C)C. The first-order chi connectivity index (χ1) is 27.0. The lowest BCUT2D eigenvalue weighted by Gasteiger charge is -2.75. The van der Waals surface area contributed by atoms with E-state index < -0.39 is 0 Å². The van der Waals surface area contributed by atoms with Crippen LogP contribution in [-0.2, 0) is 14.3 Å². The van der Waals surface area contributed by atoms with Gasteiger partial charge in [0.25, 0.3) is 0 Å². The highest BCUT2D eigenvalue weighted by atomic mass is 16.5. The molecule has 58 heavy (non-hydrogen) atoms. The van der Waals surface area contributed by atoms with Gasteiger partial charge in [0, 0.05) is 69.5 Å². The molecular weight excluding hydrogens is 725 g/mol. The second-order valence-corrected chi connectivity index (χ2v) is 22.8. The van der Waals surface area contributed by atoms with E-state index in [0.717, 1.165) is 57.1 Å². The molecule has 0 aromatic rings. The Balaban J connectivity index is 1.08. The van der Waals surface area contributed by atoms with Gasteiger partial charge in [0.2, 0.25) is 5.91 Å². The molecule has 0 spiro atoms. The highest BCUT2D eigenvalue weighted by molar-refractivity contribution is 5.78. The predicted molar refractivity (Wildman–Crippen MR) is 232 cm³/mol. The van der Waals surface area contributed by atoms with Crippen LogP contribution in [0.4, 0.5) is 4.79 Å². The molecule has 5 aliphatic carbocycles. The molecule has 9 heteroatoms. The van der Waals surface area contributed by atoms with Gasteiger partial charge in [-0.1, -0.05) is 73.8 Å². The quantitative estimate of drug-likeness (QED) is 0.178. The van der Waals surface area contributed by atoms with Crippen molar-refractivity contribution in [1.82, 2.24) is 14.7 Å². The topological polar surface area (TPSA) is 109 Å². The molecular formula is C49H80N4O5. The summed E-state index contributed by atoms with van der Waals surface area (Å²) in [4.78, 5) is 33.5. The zero-order valence-corrected chi connectivity index (χ0v) is 37.9. The highest BCUT2D eigenvalue weighted by Gasteiger charge is 2.75. The third-order valence-electron chi connectivity index (χ3n) is 18.8. The second-order valence-electron chi connectivity index (χ2n) is 22.8. The molecule has 7 aliphatic rings. The van der Waals surface area contributed by atoms with Gasteiger partial charge in [-0.3, -0.25) is 4.79 Å². The minimum Gasteiger partial charge on any atom is -0.513 e. The molecule has 2 heterocycles. The van der Waals surface area contributed by atoms with E-state index in [1.165, 1.54) is 18.4 Å². The van der Waals surface area contributed by atoms with Crippen molar-refractivity contribution in [2.45, 2.75) is 151 Å². The molecule has 2 saturated heterocycles. The monoisotopic (exact) mass is 805 g/mol. The van der Waals surface area contributed by atoms with Gasteiger partial charge in [-0.2, -0.15) is 0 Å². The number of carbonyl (C=O) groups is 2. The van der Waals surface area contributed by atoms with Gasteiger partial charge >= 0.3 is 6.03 Å². The molecule has 0 bridgehead atoms. The number of aliphatic hydroxyl groups excluding tert-OH is 1. The molecule has 0 radical (unpaired) electrons. The maximum Gasteiger partial charge on any atom is 0.320 e. The first-order valence-corrected chi connectivity index (χ1v) is 23.1. The minimum absolute atomic E-state index is 0.0139. The number of rotatable bonds is 9. The number of morpholine rings is 1. The summed E-state index contributed by atoms with van der Waals surface area (Å²) in [7, 11) is 0. The number of hydrogen-bond donors (Lipinski definition) is 2. The Kier molecular flexibility index (Phi) is 11.4. The van der Waals surface area contributed by atoms with Crippen molar-refractivity contribution in [2.24, 2.45) is 61.9 Å². The van der Waals surface area contributed by atoms with Crippen molar-refractivity contribution in [3.63, 3.8) is 0 Å². The second kappa shape index (κ2) is 15.1. The number of urea groups is 1. The fourth-order valence-corrected chi connectivity index (χ4v) is 15.9. The molecule has 0 aromatic heterocycles. The molecule has 3 N–H and O–H groups in total. The normalized spacial score (nSPS) is 41.1. The summed E-state index contributed by atoms with van der Waals surface area (Å²) < 4.78 is 12.3. The van der Waals surface area contributed by atoms with Crippen LogP contribution < -0.4 is 5.73 Å². The first kappa shape index (κ1) is 43.6. The predicted octanol–water partition coefficient (Wildman–Crippen LogP) is 9.49. The van der Waals surface area contributed by atoms with Gasteiger partial charge in [0.1, 0.15) is 6.10 Å². The van der Waals surface area contributed by atoms with Crippen LogP contribution in [0.5, 0.6) is 0 Å². The summed E-state index contributed by atoms with van der Waals surface area (Å²) in [6, 6.07) is 0.0789. The molecule has 3 amide bonds. The van der Waals surface area contributed by atoms with Gasteiger partial charge in [-0.25, -0.2) is 4.79 Å². The number of allylic oxidation sites excluding steroid dienone is 3. The van der Waals surface area contributed by atoms with Gasteiger partial charge in [-0.05, 0) is 122 Å². The Labute approximate surface area is 351 Å². The number of ether oxygens (including phenoxy) is 2. The average Bonchev–Trinajstić information content (AvgIpc) is 3.54. The number of amides is 3. The van der Waals surface area contributed by atoms with Gasteiger partial charge in [-0.15, -0.1) is 0 Å². The fourth-order valence-electron chi connectivity index (χ4n) is 15.9. The standard InChI is InChI=1S/C49H80N4O5/c1-33(2)36-12-18-48(32-40(55)51-22-24-52(25-23-51)42(56)53-26-28-57-29-27-53)21-20-47(11)46(10)17-13-37-44(7,8)39(58-35(4)31-43(5,6)30-34(3)54)15-16-45(37,9)38(46)14-19-49(47,50)41(36)48/h36-39,41,54H,1,3-4,12-32,50H2,2,5-11H3/t36-,37-,38+,39?,41-,45-,46+,47-,48+,49?/m0/s1. The van der Waals surface area contributed by atoms with Crippen molar-refractivity contribution in [3.05, 3.63) is 36.8 Å². The average molecular weight is 805 g/mol.